The maximum Gasteiger partial charge on any atom is 0.534 e. The van der Waals surface area contributed by atoms with Crippen molar-refractivity contribution in [3.05, 3.63) is 29.8 Å². The molecule has 5 nitrogen and oxygen atoms in total. The first kappa shape index (κ1) is 20.5. The summed E-state index contributed by atoms with van der Waals surface area (Å²) in [5.74, 6) is 0.150. The van der Waals surface area contributed by atoms with Crippen LogP contribution in [0.3, 0.4) is 0 Å². The van der Waals surface area contributed by atoms with Crippen molar-refractivity contribution < 1.29 is 35.3 Å². The number of rotatable bonds is 6. The molecular formula is C17H21F3O5S. The third-order valence-electron chi connectivity index (χ3n) is 4.67. The molecule has 0 radical (unpaired) electrons. The molecule has 0 bridgehead atoms. The van der Waals surface area contributed by atoms with Crippen LogP contribution in [0.25, 0.3) is 0 Å². The first-order valence-electron chi connectivity index (χ1n) is 8.30. The number of methoxy groups -OCH3 is 1. The maximum absolute atomic E-state index is 12.3. The van der Waals surface area contributed by atoms with Crippen LogP contribution in [0.2, 0.25) is 0 Å². The smallest absolute Gasteiger partial charge is 0.469 e. The van der Waals surface area contributed by atoms with Crippen molar-refractivity contribution in [2.75, 3.05) is 7.11 Å². The molecule has 1 aromatic rings. The minimum absolute atomic E-state index is 0.212. The lowest BCUT2D eigenvalue weighted by atomic mass is 9.77. The van der Waals surface area contributed by atoms with E-state index in [9.17, 15) is 26.4 Å². The summed E-state index contributed by atoms with van der Waals surface area (Å²) in [5, 5.41) is 0. The molecule has 0 saturated heterocycles. The van der Waals surface area contributed by atoms with E-state index in [1.807, 2.05) is 0 Å². The zero-order valence-corrected chi connectivity index (χ0v) is 15.1. The van der Waals surface area contributed by atoms with Crippen LogP contribution in [0, 0.1) is 5.92 Å². The van der Waals surface area contributed by atoms with Crippen LogP contribution in [0.5, 0.6) is 5.75 Å². The summed E-state index contributed by atoms with van der Waals surface area (Å²) in [7, 11) is -4.28. The molecular weight excluding hydrogens is 373 g/mol. The summed E-state index contributed by atoms with van der Waals surface area (Å²) < 4.78 is 67.7. The molecule has 1 fully saturated rings. The Morgan fingerprint density at radius 3 is 2.19 bits per heavy atom. The van der Waals surface area contributed by atoms with Gasteiger partial charge in [0.15, 0.2) is 0 Å². The predicted molar refractivity (Wildman–Crippen MR) is 88.0 cm³/mol. The standard InChI is InChI=1S/C17H21F3O5S/c1-24-16(21)11-4-12-2-5-13(6-3-12)14-7-9-15(10-8-14)25-26(22,23)17(18,19)20/h7-10,12-13H,2-6,11H2,1H3. The van der Waals surface area contributed by atoms with Gasteiger partial charge in [-0.3, -0.25) is 4.79 Å². The number of halogens is 3. The molecule has 0 N–H and O–H groups in total. The minimum atomic E-state index is -5.65. The van der Waals surface area contributed by atoms with Crippen molar-refractivity contribution in [1.82, 2.24) is 0 Å². The summed E-state index contributed by atoms with van der Waals surface area (Å²) in [6, 6.07) is 5.67. The quantitative estimate of drug-likeness (QED) is 0.412. The van der Waals surface area contributed by atoms with E-state index in [1.165, 1.54) is 19.2 Å². The highest BCUT2D eigenvalue weighted by molar-refractivity contribution is 7.88. The molecule has 1 aliphatic rings. The Morgan fingerprint density at radius 1 is 1.12 bits per heavy atom. The van der Waals surface area contributed by atoms with E-state index in [2.05, 4.69) is 8.92 Å². The van der Waals surface area contributed by atoms with Gasteiger partial charge < -0.3 is 8.92 Å². The molecule has 0 aromatic heterocycles. The zero-order chi connectivity index (χ0) is 19.4. The van der Waals surface area contributed by atoms with Crippen LogP contribution in [-0.4, -0.2) is 27.0 Å². The van der Waals surface area contributed by atoms with Gasteiger partial charge in [-0.15, -0.1) is 0 Å². The molecule has 0 aliphatic heterocycles. The van der Waals surface area contributed by atoms with Gasteiger partial charge in [-0.2, -0.15) is 21.6 Å². The van der Waals surface area contributed by atoms with E-state index < -0.39 is 15.6 Å². The molecule has 26 heavy (non-hydrogen) atoms. The lowest BCUT2D eigenvalue weighted by molar-refractivity contribution is -0.141. The van der Waals surface area contributed by atoms with E-state index >= 15 is 0 Å². The van der Waals surface area contributed by atoms with Crippen molar-refractivity contribution >= 4 is 16.1 Å². The highest BCUT2D eigenvalue weighted by Gasteiger charge is 2.48. The number of benzene rings is 1. The van der Waals surface area contributed by atoms with Crippen LogP contribution in [0.4, 0.5) is 13.2 Å². The SMILES string of the molecule is COC(=O)CCC1CCC(c2ccc(OS(=O)(=O)C(F)(F)F)cc2)CC1. The lowest BCUT2D eigenvalue weighted by Gasteiger charge is -2.28. The largest absolute Gasteiger partial charge is 0.534 e. The van der Waals surface area contributed by atoms with Crippen LogP contribution in [0.1, 0.15) is 50.0 Å². The maximum atomic E-state index is 12.3. The second kappa shape index (κ2) is 8.28. The molecule has 1 aromatic carbocycles. The molecule has 0 unspecified atom stereocenters. The molecule has 0 amide bonds. The van der Waals surface area contributed by atoms with E-state index in [0.29, 0.717) is 12.3 Å². The summed E-state index contributed by atoms with van der Waals surface area (Å²) in [5.41, 5.74) is -4.51. The Hall–Kier alpha value is -1.77. The number of carbonyl (C=O) groups excluding carboxylic acids is 1. The molecule has 1 aliphatic carbocycles. The van der Waals surface area contributed by atoms with Gasteiger partial charge in [-0.1, -0.05) is 12.1 Å². The average molecular weight is 394 g/mol. The topological polar surface area (TPSA) is 69.7 Å². The van der Waals surface area contributed by atoms with Crippen LogP contribution in [-0.2, 0) is 19.6 Å². The van der Waals surface area contributed by atoms with Crippen molar-refractivity contribution in [3.63, 3.8) is 0 Å². The van der Waals surface area contributed by atoms with Crippen LogP contribution < -0.4 is 4.18 Å². The summed E-state index contributed by atoms with van der Waals surface area (Å²) in [4.78, 5) is 11.2. The lowest BCUT2D eigenvalue weighted by Crippen LogP contribution is -2.28. The second-order valence-corrected chi connectivity index (χ2v) is 7.92. The molecule has 0 spiro atoms. The minimum Gasteiger partial charge on any atom is -0.469 e. The predicted octanol–water partition coefficient (Wildman–Crippen LogP) is 4.14. The fourth-order valence-corrected chi connectivity index (χ4v) is 3.64. The van der Waals surface area contributed by atoms with Gasteiger partial charge in [0.05, 0.1) is 7.11 Å². The number of hydrogen-bond donors (Lipinski definition) is 0. The molecule has 0 heterocycles. The van der Waals surface area contributed by atoms with Crippen molar-refractivity contribution in [2.45, 2.75) is 50.0 Å². The third kappa shape index (κ3) is 5.36. The van der Waals surface area contributed by atoms with Gasteiger partial charge in [0.1, 0.15) is 5.75 Å². The average Bonchev–Trinajstić information content (AvgIpc) is 2.59. The van der Waals surface area contributed by atoms with Gasteiger partial charge in [0.2, 0.25) is 0 Å². The molecule has 0 atom stereocenters. The van der Waals surface area contributed by atoms with Crippen LogP contribution in [0.15, 0.2) is 24.3 Å². The monoisotopic (exact) mass is 394 g/mol. The Kier molecular flexibility index (Phi) is 6.54. The van der Waals surface area contributed by atoms with E-state index in [4.69, 9.17) is 0 Å². The number of esters is 1. The second-order valence-electron chi connectivity index (χ2n) is 6.38. The normalized spacial score (nSPS) is 21.2. The van der Waals surface area contributed by atoms with Crippen LogP contribution >= 0.6 is 0 Å². The van der Waals surface area contributed by atoms with Crippen molar-refractivity contribution in [1.29, 1.82) is 0 Å². The van der Waals surface area contributed by atoms with Gasteiger partial charge in [-0.05, 0) is 61.6 Å². The first-order valence-corrected chi connectivity index (χ1v) is 9.70. The third-order valence-corrected chi connectivity index (χ3v) is 5.65. The zero-order valence-electron chi connectivity index (χ0n) is 14.3. The molecule has 9 heteroatoms. The summed E-state index contributed by atoms with van der Waals surface area (Å²) >= 11 is 0. The number of hydrogen-bond acceptors (Lipinski definition) is 5. The number of alkyl halides is 3. The van der Waals surface area contributed by atoms with Gasteiger partial charge >= 0.3 is 21.6 Å². The Morgan fingerprint density at radius 2 is 1.69 bits per heavy atom. The summed E-state index contributed by atoms with van der Waals surface area (Å²) in [6.07, 6.45) is 4.94. The highest BCUT2D eigenvalue weighted by Crippen LogP contribution is 2.38. The van der Waals surface area contributed by atoms with Gasteiger partial charge in [0, 0.05) is 6.42 Å². The number of ether oxygens (including phenoxy) is 1. The Bertz CT molecular complexity index is 705. The number of carbonyl (C=O) groups is 1. The molecule has 1 saturated carbocycles. The molecule has 146 valence electrons. The van der Waals surface area contributed by atoms with E-state index in [0.717, 1.165) is 37.7 Å². The fraction of sp³-hybridized carbons (Fsp3) is 0.588. The summed E-state index contributed by atoms with van der Waals surface area (Å²) in [6.45, 7) is 0. The fourth-order valence-electron chi connectivity index (χ4n) is 3.18. The first-order chi connectivity index (χ1) is 12.1. The van der Waals surface area contributed by atoms with Crippen molar-refractivity contribution in [3.8, 4) is 5.75 Å². The van der Waals surface area contributed by atoms with Gasteiger partial charge in [-0.25, -0.2) is 0 Å². The highest BCUT2D eigenvalue weighted by atomic mass is 32.2. The Labute approximate surface area is 150 Å². The molecule has 2 rings (SSSR count). The Balaban J connectivity index is 1.89. The van der Waals surface area contributed by atoms with Gasteiger partial charge in [0.25, 0.3) is 0 Å². The van der Waals surface area contributed by atoms with E-state index in [1.54, 1.807) is 12.1 Å². The van der Waals surface area contributed by atoms with Crippen molar-refractivity contribution in [2.24, 2.45) is 5.92 Å². The van der Waals surface area contributed by atoms with E-state index in [-0.39, 0.29) is 17.6 Å².